The summed E-state index contributed by atoms with van der Waals surface area (Å²) in [6, 6.07) is 20.8. The van der Waals surface area contributed by atoms with E-state index in [0.29, 0.717) is 0 Å². The smallest absolute Gasteiger partial charge is 0.0894 e. The van der Waals surface area contributed by atoms with Crippen molar-refractivity contribution in [2.45, 2.75) is 5.92 Å². The van der Waals surface area contributed by atoms with Gasteiger partial charge in [-0.25, -0.2) is 0 Å². The van der Waals surface area contributed by atoms with Gasteiger partial charge in [-0.05, 0) is 11.1 Å². The zero-order valence-electron chi connectivity index (χ0n) is 10.7. The van der Waals surface area contributed by atoms with Gasteiger partial charge in [0.2, 0.25) is 0 Å². The van der Waals surface area contributed by atoms with Gasteiger partial charge < -0.3 is 4.90 Å². The highest BCUT2D eigenvalue weighted by molar-refractivity contribution is 7.80. The number of likely N-dealkylation sites (N-methyl/N-ethyl adjacent to an activating group) is 1. The maximum Gasteiger partial charge on any atom is 0.0894 e. The Kier molecular flexibility index (Phi) is 4.11. The minimum atomic E-state index is 0.150. The maximum atomic E-state index is 5.59. The Morgan fingerprint density at radius 3 is 1.56 bits per heavy atom. The molecule has 0 saturated heterocycles. The summed E-state index contributed by atoms with van der Waals surface area (Å²) in [7, 11) is 4.00. The van der Waals surface area contributed by atoms with Gasteiger partial charge in [0.1, 0.15) is 0 Å². The summed E-state index contributed by atoms with van der Waals surface area (Å²) in [4.78, 5) is 2.95. The minimum absolute atomic E-state index is 0.150. The Balaban J connectivity index is 2.45. The van der Waals surface area contributed by atoms with E-state index in [4.69, 9.17) is 12.2 Å². The van der Waals surface area contributed by atoms with Crippen molar-refractivity contribution < 1.29 is 0 Å². The molecule has 0 unspecified atom stereocenters. The van der Waals surface area contributed by atoms with E-state index in [1.807, 2.05) is 31.1 Å². The van der Waals surface area contributed by atoms with Crippen molar-refractivity contribution in [3.63, 3.8) is 0 Å². The molecule has 0 amide bonds. The molecule has 1 nitrogen and oxygen atoms in total. The van der Waals surface area contributed by atoms with Crippen molar-refractivity contribution in [3.8, 4) is 0 Å². The van der Waals surface area contributed by atoms with Crippen LogP contribution in [-0.4, -0.2) is 24.0 Å². The van der Waals surface area contributed by atoms with Gasteiger partial charge in [-0.2, -0.15) is 0 Å². The highest BCUT2D eigenvalue weighted by Crippen LogP contribution is 2.26. The Hall–Kier alpha value is -1.67. The van der Waals surface area contributed by atoms with E-state index in [-0.39, 0.29) is 5.92 Å². The lowest BCUT2D eigenvalue weighted by Crippen LogP contribution is -2.27. The third-order valence-electron chi connectivity index (χ3n) is 2.95. The summed E-state index contributed by atoms with van der Waals surface area (Å²) in [6.45, 7) is 0. The van der Waals surface area contributed by atoms with Gasteiger partial charge in [-0.15, -0.1) is 0 Å². The molecule has 0 radical (unpaired) electrons. The lowest BCUT2D eigenvalue weighted by Gasteiger charge is -2.24. The van der Waals surface area contributed by atoms with E-state index in [1.54, 1.807) is 0 Å². The Bertz CT molecular complexity index is 466. The van der Waals surface area contributed by atoms with Crippen LogP contribution in [0.15, 0.2) is 60.7 Å². The molecule has 0 aliphatic carbocycles. The zero-order valence-corrected chi connectivity index (χ0v) is 11.5. The SMILES string of the molecule is CN(C)C(=S)C(c1ccccc1)c1ccccc1. The highest BCUT2D eigenvalue weighted by atomic mass is 32.1. The van der Waals surface area contributed by atoms with Crippen molar-refractivity contribution in [2.24, 2.45) is 0 Å². The van der Waals surface area contributed by atoms with Crippen LogP contribution < -0.4 is 0 Å². The molecule has 92 valence electrons. The van der Waals surface area contributed by atoms with Crippen molar-refractivity contribution in [2.75, 3.05) is 14.1 Å². The van der Waals surface area contributed by atoms with Gasteiger partial charge in [0, 0.05) is 14.1 Å². The van der Waals surface area contributed by atoms with Gasteiger partial charge in [-0.3, -0.25) is 0 Å². The molecule has 2 aromatic rings. The van der Waals surface area contributed by atoms with Crippen molar-refractivity contribution in [3.05, 3.63) is 71.8 Å². The van der Waals surface area contributed by atoms with Crippen LogP contribution >= 0.6 is 12.2 Å². The van der Waals surface area contributed by atoms with Crippen LogP contribution in [-0.2, 0) is 0 Å². The molecule has 0 aliphatic heterocycles. The summed E-state index contributed by atoms with van der Waals surface area (Å²) in [5, 5.41) is 0. The average molecular weight is 255 g/mol. The molecule has 0 spiro atoms. The molecule has 0 fully saturated rings. The Labute approximate surface area is 114 Å². The van der Waals surface area contributed by atoms with Crippen LogP contribution in [0, 0.1) is 0 Å². The van der Waals surface area contributed by atoms with Crippen LogP contribution in [0.2, 0.25) is 0 Å². The fourth-order valence-corrected chi connectivity index (χ4v) is 2.30. The van der Waals surface area contributed by atoms with Crippen molar-refractivity contribution in [1.29, 1.82) is 0 Å². The summed E-state index contributed by atoms with van der Waals surface area (Å²) in [5.41, 5.74) is 2.48. The van der Waals surface area contributed by atoms with E-state index in [2.05, 4.69) is 48.5 Å². The van der Waals surface area contributed by atoms with Crippen molar-refractivity contribution >= 4 is 17.2 Å². The van der Waals surface area contributed by atoms with E-state index < -0.39 is 0 Å². The van der Waals surface area contributed by atoms with E-state index in [0.717, 1.165) is 4.99 Å². The third kappa shape index (κ3) is 2.77. The number of hydrogen-bond donors (Lipinski definition) is 0. The van der Waals surface area contributed by atoms with Crippen LogP contribution in [0.3, 0.4) is 0 Å². The van der Waals surface area contributed by atoms with Crippen LogP contribution in [0.4, 0.5) is 0 Å². The summed E-state index contributed by atoms with van der Waals surface area (Å²) in [5.74, 6) is 0.150. The molecule has 0 heterocycles. The van der Waals surface area contributed by atoms with Gasteiger partial charge in [0.15, 0.2) is 0 Å². The van der Waals surface area contributed by atoms with Crippen LogP contribution in [0.5, 0.6) is 0 Å². The predicted molar refractivity (Wildman–Crippen MR) is 81.0 cm³/mol. The first-order valence-corrected chi connectivity index (χ1v) is 6.42. The first-order chi connectivity index (χ1) is 8.70. The topological polar surface area (TPSA) is 3.24 Å². The summed E-state index contributed by atoms with van der Waals surface area (Å²) in [6.07, 6.45) is 0. The molecular formula is C16H17NS. The lowest BCUT2D eigenvalue weighted by molar-refractivity contribution is 0.614. The monoisotopic (exact) mass is 255 g/mol. The van der Waals surface area contributed by atoms with Gasteiger partial charge in [0.25, 0.3) is 0 Å². The van der Waals surface area contributed by atoms with Crippen molar-refractivity contribution in [1.82, 2.24) is 4.90 Å². The summed E-state index contributed by atoms with van der Waals surface area (Å²) < 4.78 is 0. The predicted octanol–water partition coefficient (Wildman–Crippen LogP) is 3.71. The second-order valence-corrected chi connectivity index (χ2v) is 4.91. The molecule has 0 saturated carbocycles. The number of benzene rings is 2. The Morgan fingerprint density at radius 2 is 1.22 bits per heavy atom. The number of rotatable bonds is 3. The van der Waals surface area contributed by atoms with Gasteiger partial charge in [-0.1, -0.05) is 72.9 Å². The largest absolute Gasteiger partial charge is 0.372 e. The first kappa shape index (κ1) is 12.8. The lowest BCUT2D eigenvalue weighted by atomic mass is 9.91. The molecule has 0 atom stereocenters. The minimum Gasteiger partial charge on any atom is -0.372 e. The molecule has 2 rings (SSSR count). The van der Waals surface area contributed by atoms with E-state index >= 15 is 0 Å². The molecule has 0 aromatic heterocycles. The molecule has 18 heavy (non-hydrogen) atoms. The average Bonchev–Trinajstić information content (AvgIpc) is 2.41. The molecule has 0 bridgehead atoms. The normalized spacial score (nSPS) is 10.4. The second-order valence-electron chi connectivity index (χ2n) is 4.49. The molecule has 0 N–H and O–H groups in total. The Morgan fingerprint density at radius 1 is 0.833 bits per heavy atom. The number of nitrogens with zero attached hydrogens (tertiary/aromatic N) is 1. The quantitative estimate of drug-likeness (QED) is 0.769. The molecule has 2 aromatic carbocycles. The standard InChI is InChI=1S/C16H17NS/c1-17(2)16(18)15(13-9-5-3-6-10-13)14-11-7-4-8-12-14/h3-12,15H,1-2H3. The highest BCUT2D eigenvalue weighted by Gasteiger charge is 2.19. The number of hydrogen-bond acceptors (Lipinski definition) is 1. The van der Waals surface area contributed by atoms with E-state index in [1.165, 1.54) is 11.1 Å². The third-order valence-corrected chi connectivity index (χ3v) is 3.55. The second kappa shape index (κ2) is 5.78. The fourth-order valence-electron chi connectivity index (χ4n) is 2.03. The first-order valence-electron chi connectivity index (χ1n) is 6.01. The van der Waals surface area contributed by atoms with Gasteiger partial charge in [0.05, 0.1) is 10.9 Å². The van der Waals surface area contributed by atoms with Crippen LogP contribution in [0.25, 0.3) is 0 Å². The summed E-state index contributed by atoms with van der Waals surface area (Å²) >= 11 is 5.59. The molecular weight excluding hydrogens is 238 g/mol. The zero-order chi connectivity index (χ0) is 13.0. The fraction of sp³-hybridized carbons (Fsp3) is 0.188. The van der Waals surface area contributed by atoms with Crippen LogP contribution in [0.1, 0.15) is 17.0 Å². The van der Waals surface area contributed by atoms with E-state index in [9.17, 15) is 0 Å². The van der Waals surface area contributed by atoms with Gasteiger partial charge >= 0.3 is 0 Å². The molecule has 0 aliphatic rings. The molecule has 2 heteroatoms. The number of thiocarbonyl (C=S) groups is 1. The maximum absolute atomic E-state index is 5.59.